The van der Waals surface area contributed by atoms with E-state index in [9.17, 15) is 0 Å². The third-order valence-corrected chi connectivity index (χ3v) is 5.89. The van der Waals surface area contributed by atoms with E-state index >= 15 is 0 Å². The van der Waals surface area contributed by atoms with Gasteiger partial charge in [-0.3, -0.25) is 9.89 Å². The van der Waals surface area contributed by atoms with Crippen molar-refractivity contribution in [3.63, 3.8) is 0 Å². The zero-order valence-corrected chi connectivity index (χ0v) is 20.6. The van der Waals surface area contributed by atoms with Crippen LogP contribution in [0.1, 0.15) is 25.3 Å². The van der Waals surface area contributed by atoms with Crippen LogP contribution in [0.4, 0.5) is 0 Å². The molecular formula is C21H34ClIN4O2. The zero-order chi connectivity index (χ0) is 19.8. The lowest BCUT2D eigenvalue weighted by Gasteiger charge is -2.38. The van der Waals surface area contributed by atoms with Crippen LogP contribution >= 0.6 is 35.6 Å². The number of methoxy groups -OCH3 is 1. The Balaban J connectivity index is 0.00000300. The predicted molar refractivity (Wildman–Crippen MR) is 129 cm³/mol. The molecule has 1 aromatic rings. The smallest absolute Gasteiger partial charge is 0.194 e. The summed E-state index contributed by atoms with van der Waals surface area (Å²) in [5.41, 5.74) is 1.08. The van der Waals surface area contributed by atoms with Gasteiger partial charge in [-0.2, -0.15) is 0 Å². The van der Waals surface area contributed by atoms with Crippen molar-refractivity contribution in [1.29, 1.82) is 0 Å². The number of guanidine groups is 1. The fourth-order valence-corrected chi connectivity index (χ4v) is 4.04. The lowest BCUT2D eigenvalue weighted by atomic mass is 9.94. The summed E-state index contributed by atoms with van der Waals surface area (Å²) in [7, 11) is 1.79. The highest BCUT2D eigenvalue weighted by Gasteiger charge is 2.32. The van der Waals surface area contributed by atoms with Gasteiger partial charge < -0.3 is 19.7 Å². The maximum atomic E-state index is 6.12. The standard InChI is InChI=1S/C21H33ClN4O2.HI/c1-3-23-20(24-17-21(27-2)7-13-28-14-8-21)26-11-9-25(10-12-26)16-18-5-4-6-19(22)15-18;/h4-6,15H,3,7-14,16-17H2,1-2H3,(H,23,24);1H. The summed E-state index contributed by atoms with van der Waals surface area (Å²) < 4.78 is 11.3. The third-order valence-electron chi connectivity index (χ3n) is 5.66. The molecule has 0 aliphatic carbocycles. The van der Waals surface area contributed by atoms with Crippen molar-refractivity contribution in [2.75, 3.05) is 59.6 Å². The zero-order valence-electron chi connectivity index (χ0n) is 17.5. The van der Waals surface area contributed by atoms with E-state index in [-0.39, 0.29) is 29.6 Å². The van der Waals surface area contributed by atoms with Crippen LogP contribution in [0, 0.1) is 0 Å². The van der Waals surface area contributed by atoms with E-state index in [0.717, 1.165) is 76.3 Å². The SMILES string of the molecule is CCNC(=NCC1(OC)CCOCC1)N1CCN(Cc2cccc(Cl)c2)CC1.I. The molecular weight excluding hydrogens is 503 g/mol. The van der Waals surface area contributed by atoms with Gasteiger partial charge in [0.05, 0.1) is 12.1 Å². The average Bonchev–Trinajstić information content (AvgIpc) is 2.72. The molecule has 8 heteroatoms. The molecule has 2 aliphatic rings. The van der Waals surface area contributed by atoms with E-state index < -0.39 is 0 Å². The maximum absolute atomic E-state index is 6.12. The minimum Gasteiger partial charge on any atom is -0.381 e. The number of aliphatic imine (C=N–C) groups is 1. The second-order valence-corrected chi connectivity index (χ2v) is 8.00. The van der Waals surface area contributed by atoms with Crippen LogP contribution in [-0.4, -0.2) is 81.0 Å². The van der Waals surface area contributed by atoms with E-state index in [1.807, 2.05) is 12.1 Å². The van der Waals surface area contributed by atoms with Gasteiger partial charge in [-0.1, -0.05) is 23.7 Å². The largest absolute Gasteiger partial charge is 0.381 e. The van der Waals surface area contributed by atoms with Crippen LogP contribution in [0.25, 0.3) is 0 Å². The van der Waals surface area contributed by atoms with Crippen molar-refractivity contribution >= 4 is 41.5 Å². The Labute approximate surface area is 197 Å². The van der Waals surface area contributed by atoms with Crippen LogP contribution in [0.2, 0.25) is 5.02 Å². The highest BCUT2D eigenvalue weighted by molar-refractivity contribution is 14.0. The van der Waals surface area contributed by atoms with Gasteiger partial charge in [0.2, 0.25) is 0 Å². The van der Waals surface area contributed by atoms with Crippen LogP contribution in [0.3, 0.4) is 0 Å². The van der Waals surface area contributed by atoms with Gasteiger partial charge in [0, 0.05) is 77.5 Å². The monoisotopic (exact) mass is 536 g/mol. The number of hydrogen-bond donors (Lipinski definition) is 1. The summed E-state index contributed by atoms with van der Waals surface area (Å²) in [4.78, 5) is 9.77. The van der Waals surface area contributed by atoms with Crippen molar-refractivity contribution < 1.29 is 9.47 Å². The van der Waals surface area contributed by atoms with Gasteiger partial charge in [0.1, 0.15) is 0 Å². The molecule has 0 amide bonds. The van der Waals surface area contributed by atoms with Crippen molar-refractivity contribution in [3.05, 3.63) is 34.9 Å². The molecule has 0 aromatic heterocycles. The Kier molecular flexibility index (Phi) is 10.5. The minimum absolute atomic E-state index is 0. The fraction of sp³-hybridized carbons (Fsp3) is 0.667. The number of halogens is 2. The van der Waals surface area contributed by atoms with E-state index in [1.165, 1.54) is 5.56 Å². The number of nitrogens with one attached hydrogen (secondary N) is 1. The quantitative estimate of drug-likeness (QED) is 0.344. The molecule has 2 heterocycles. The fourth-order valence-electron chi connectivity index (χ4n) is 3.83. The molecule has 0 unspecified atom stereocenters. The lowest BCUT2D eigenvalue weighted by Crippen LogP contribution is -2.52. The summed E-state index contributed by atoms with van der Waals surface area (Å²) >= 11 is 6.12. The Morgan fingerprint density at radius 2 is 1.97 bits per heavy atom. The predicted octanol–water partition coefficient (Wildman–Crippen LogP) is 3.24. The molecule has 1 N–H and O–H groups in total. The molecule has 2 saturated heterocycles. The highest BCUT2D eigenvalue weighted by Crippen LogP contribution is 2.25. The molecule has 0 atom stereocenters. The first kappa shape index (κ1) is 24.7. The molecule has 29 heavy (non-hydrogen) atoms. The molecule has 0 bridgehead atoms. The Morgan fingerprint density at radius 3 is 2.59 bits per heavy atom. The van der Waals surface area contributed by atoms with Gasteiger partial charge in [-0.15, -0.1) is 24.0 Å². The minimum atomic E-state index is -0.187. The number of ether oxygens (including phenoxy) is 2. The normalized spacial score (nSPS) is 20.2. The second kappa shape index (κ2) is 12.3. The van der Waals surface area contributed by atoms with Crippen molar-refractivity contribution in [1.82, 2.24) is 15.1 Å². The molecule has 0 spiro atoms. The highest BCUT2D eigenvalue weighted by atomic mass is 127. The van der Waals surface area contributed by atoms with Crippen molar-refractivity contribution in [2.45, 2.75) is 31.9 Å². The number of piperazine rings is 1. The molecule has 1 aromatic carbocycles. The van der Waals surface area contributed by atoms with Crippen LogP contribution < -0.4 is 5.32 Å². The summed E-state index contributed by atoms with van der Waals surface area (Å²) in [5.74, 6) is 0.993. The average molecular weight is 537 g/mol. The lowest BCUT2D eigenvalue weighted by molar-refractivity contribution is -0.0829. The maximum Gasteiger partial charge on any atom is 0.194 e. The molecule has 3 rings (SSSR count). The number of rotatable bonds is 6. The van der Waals surface area contributed by atoms with Gasteiger partial charge >= 0.3 is 0 Å². The van der Waals surface area contributed by atoms with Crippen molar-refractivity contribution in [3.8, 4) is 0 Å². The molecule has 164 valence electrons. The third kappa shape index (κ3) is 7.24. The Hall–Kier alpha value is -0.610. The Bertz CT molecular complexity index is 647. The second-order valence-electron chi connectivity index (χ2n) is 7.56. The summed E-state index contributed by atoms with van der Waals surface area (Å²) in [6.45, 7) is 10.1. The van der Waals surface area contributed by atoms with E-state index in [2.05, 4.69) is 34.2 Å². The van der Waals surface area contributed by atoms with Gasteiger partial charge in [-0.25, -0.2) is 0 Å². The molecule has 6 nitrogen and oxygen atoms in total. The molecule has 0 radical (unpaired) electrons. The van der Waals surface area contributed by atoms with Gasteiger partial charge in [0.15, 0.2) is 5.96 Å². The summed E-state index contributed by atoms with van der Waals surface area (Å²) in [6, 6.07) is 8.14. The molecule has 0 saturated carbocycles. The Morgan fingerprint density at radius 1 is 1.24 bits per heavy atom. The van der Waals surface area contributed by atoms with Gasteiger partial charge in [-0.05, 0) is 24.6 Å². The summed E-state index contributed by atoms with van der Waals surface area (Å²) in [6.07, 6.45) is 1.81. The van der Waals surface area contributed by atoms with E-state index in [0.29, 0.717) is 6.54 Å². The van der Waals surface area contributed by atoms with Crippen LogP contribution in [0.5, 0.6) is 0 Å². The first-order chi connectivity index (χ1) is 13.6. The summed E-state index contributed by atoms with van der Waals surface area (Å²) in [5, 5.41) is 4.26. The number of benzene rings is 1. The van der Waals surface area contributed by atoms with Gasteiger partial charge in [0.25, 0.3) is 0 Å². The van der Waals surface area contributed by atoms with E-state index in [1.54, 1.807) is 7.11 Å². The topological polar surface area (TPSA) is 49.3 Å². The first-order valence-electron chi connectivity index (χ1n) is 10.3. The number of nitrogens with zero attached hydrogens (tertiary/aromatic N) is 3. The van der Waals surface area contributed by atoms with Crippen LogP contribution in [-0.2, 0) is 16.0 Å². The molecule has 2 fully saturated rings. The van der Waals surface area contributed by atoms with Crippen LogP contribution in [0.15, 0.2) is 29.3 Å². The first-order valence-corrected chi connectivity index (χ1v) is 10.6. The van der Waals surface area contributed by atoms with E-state index in [4.69, 9.17) is 26.1 Å². The van der Waals surface area contributed by atoms with Crippen molar-refractivity contribution in [2.24, 2.45) is 4.99 Å². The molecule has 2 aliphatic heterocycles. The number of hydrogen-bond acceptors (Lipinski definition) is 4.